The van der Waals surface area contributed by atoms with E-state index in [1.165, 1.54) is 5.56 Å². The highest BCUT2D eigenvalue weighted by molar-refractivity contribution is 5.80. The van der Waals surface area contributed by atoms with Gasteiger partial charge in [0.1, 0.15) is 0 Å². The van der Waals surface area contributed by atoms with Crippen LogP contribution in [0.4, 0.5) is 0 Å². The summed E-state index contributed by atoms with van der Waals surface area (Å²) in [5, 5.41) is 7.02. The van der Waals surface area contributed by atoms with Gasteiger partial charge in [-0.15, -0.1) is 0 Å². The van der Waals surface area contributed by atoms with Crippen molar-refractivity contribution >= 4 is 11.9 Å². The molecule has 5 heteroatoms. The van der Waals surface area contributed by atoms with Crippen LogP contribution >= 0.6 is 0 Å². The van der Waals surface area contributed by atoms with Crippen LogP contribution < -0.4 is 10.6 Å². The van der Waals surface area contributed by atoms with E-state index in [1.54, 1.807) is 0 Å². The monoisotopic (exact) mass is 372 g/mol. The summed E-state index contributed by atoms with van der Waals surface area (Å²) in [5.74, 6) is 1.19. The number of nitrogens with one attached hydrogen (secondary N) is 2. The number of amides is 1. The number of hydrogen-bond donors (Lipinski definition) is 2. The first kappa shape index (κ1) is 21.3. The number of nitrogens with zero attached hydrogens (tertiary/aromatic N) is 2. The normalized spacial score (nSPS) is 16.5. The van der Waals surface area contributed by atoms with Gasteiger partial charge in [-0.05, 0) is 30.2 Å². The van der Waals surface area contributed by atoms with Gasteiger partial charge in [-0.25, -0.2) is 0 Å². The second kappa shape index (κ2) is 9.77. The van der Waals surface area contributed by atoms with Crippen LogP contribution in [-0.4, -0.2) is 49.5 Å². The van der Waals surface area contributed by atoms with Crippen molar-refractivity contribution in [1.82, 2.24) is 15.5 Å². The van der Waals surface area contributed by atoms with Crippen molar-refractivity contribution in [2.45, 2.75) is 53.0 Å². The summed E-state index contributed by atoms with van der Waals surface area (Å²) in [6, 6.07) is 11.0. The molecule has 1 amide bonds. The molecule has 1 heterocycles. The van der Waals surface area contributed by atoms with Crippen molar-refractivity contribution in [3.63, 3.8) is 0 Å². The SMILES string of the molecule is CN=C(NCC(C)(C)Cc1ccccc1)NC1CCN(C(=O)C(C)C)CC1. The molecule has 5 nitrogen and oxygen atoms in total. The Kier molecular flexibility index (Phi) is 7.69. The maximum Gasteiger partial charge on any atom is 0.225 e. The number of likely N-dealkylation sites (tertiary alicyclic amines) is 1. The number of rotatable bonds is 6. The maximum atomic E-state index is 12.1. The lowest BCUT2D eigenvalue weighted by Gasteiger charge is -2.34. The number of guanidine groups is 1. The van der Waals surface area contributed by atoms with Crippen LogP contribution in [0.25, 0.3) is 0 Å². The number of carbonyl (C=O) groups is 1. The molecule has 0 aliphatic carbocycles. The Hall–Kier alpha value is -2.04. The third-order valence-electron chi connectivity index (χ3n) is 5.12. The van der Waals surface area contributed by atoms with E-state index in [1.807, 2.05) is 25.8 Å². The molecule has 1 aliphatic heterocycles. The molecule has 150 valence electrons. The van der Waals surface area contributed by atoms with Gasteiger partial charge in [0.2, 0.25) is 5.91 Å². The van der Waals surface area contributed by atoms with Gasteiger partial charge in [-0.2, -0.15) is 0 Å². The minimum Gasteiger partial charge on any atom is -0.356 e. The van der Waals surface area contributed by atoms with E-state index in [-0.39, 0.29) is 17.2 Å². The number of piperidine rings is 1. The maximum absolute atomic E-state index is 12.1. The summed E-state index contributed by atoms with van der Waals surface area (Å²) in [4.78, 5) is 18.5. The molecule has 0 aromatic heterocycles. The summed E-state index contributed by atoms with van der Waals surface area (Å²) in [7, 11) is 1.82. The van der Waals surface area contributed by atoms with Crippen LogP contribution in [0, 0.1) is 11.3 Å². The third-order valence-corrected chi connectivity index (χ3v) is 5.12. The molecule has 0 atom stereocenters. The molecule has 27 heavy (non-hydrogen) atoms. The lowest BCUT2D eigenvalue weighted by molar-refractivity contribution is -0.135. The van der Waals surface area contributed by atoms with Gasteiger partial charge in [-0.1, -0.05) is 58.0 Å². The molecule has 2 rings (SSSR count). The summed E-state index contributed by atoms with van der Waals surface area (Å²) in [5.41, 5.74) is 1.49. The number of carbonyl (C=O) groups excluding carboxylic acids is 1. The first-order valence-electron chi connectivity index (χ1n) is 10.1. The molecule has 1 saturated heterocycles. The highest BCUT2D eigenvalue weighted by atomic mass is 16.2. The van der Waals surface area contributed by atoms with E-state index in [2.05, 4.69) is 59.8 Å². The fourth-order valence-electron chi connectivity index (χ4n) is 3.53. The zero-order valence-corrected chi connectivity index (χ0v) is 17.6. The first-order chi connectivity index (χ1) is 12.8. The van der Waals surface area contributed by atoms with E-state index in [9.17, 15) is 4.79 Å². The molecular formula is C22H36N4O. The summed E-state index contributed by atoms with van der Waals surface area (Å²) < 4.78 is 0. The van der Waals surface area contributed by atoms with E-state index in [4.69, 9.17) is 0 Å². The highest BCUT2D eigenvalue weighted by Crippen LogP contribution is 2.20. The minimum absolute atomic E-state index is 0.0794. The van der Waals surface area contributed by atoms with E-state index in [0.717, 1.165) is 44.9 Å². The number of aliphatic imine (C=N–C) groups is 1. The van der Waals surface area contributed by atoms with Gasteiger partial charge in [0, 0.05) is 38.6 Å². The largest absolute Gasteiger partial charge is 0.356 e. The minimum atomic E-state index is 0.0794. The molecule has 0 saturated carbocycles. The number of benzene rings is 1. The van der Waals surface area contributed by atoms with Crippen molar-refractivity contribution in [1.29, 1.82) is 0 Å². The van der Waals surface area contributed by atoms with E-state index in [0.29, 0.717) is 6.04 Å². The van der Waals surface area contributed by atoms with Crippen molar-refractivity contribution in [2.75, 3.05) is 26.7 Å². The summed E-state index contributed by atoms with van der Waals surface area (Å²) in [6.07, 6.45) is 2.95. The molecule has 1 fully saturated rings. The second-order valence-electron chi connectivity index (χ2n) is 8.65. The molecule has 1 aliphatic rings. The van der Waals surface area contributed by atoms with Crippen LogP contribution in [0.1, 0.15) is 46.1 Å². The molecule has 0 bridgehead atoms. The Morgan fingerprint density at radius 2 is 1.85 bits per heavy atom. The van der Waals surface area contributed by atoms with Gasteiger partial charge in [-0.3, -0.25) is 9.79 Å². The lowest BCUT2D eigenvalue weighted by Crippen LogP contribution is -2.51. The molecular weight excluding hydrogens is 336 g/mol. The average Bonchev–Trinajstić information content (AvgIpc) is 2.65. The Labute approximate surface area is 164 Å². The molecule has 0 spiro atoms. The van der Waals surface area contributed by atoms with E-state index < -0.39 is 0 Å². The predicted octanol–water partition coefficient (Wildman–Crippen LogP) is 3.07. The van der Waals surface area contributed by atoms with Gasteiger partial charge in [0.15, 0.2) is 5.96 Å². The standard InChI is InChI=1S/C22H36N4O/c1-17(2)20(27)26-13-11-19(12-14-26)25-21(23-5)24-16-22(3,4)15-18-9-7-6-8-10-18/h6-10,17,19H,11-16H2,1-5H3,(H2,23,24,25). The molecule has 0 unspecified atom stereocenters. The van der Waals surface area contributed by atoms with Gasteiger partial charge in [0.25, 0.3) is 0 Å². The van der Waals surface area contributed by atoms with Crippen LogP contribution in [0.5, 0.6) is 0 Å². The fourth-order valence-corrected chi connectivity index (χ4v) is 3.53. The fraction of sp³-hybridized carbons (Fsp3) is 0.636. The van der Waals surface area contributed by atoms with Crippen molar-refractivity contribution < 1.29 is 4.79 Å². The Balaban J connectivity index is 1.78. The molecule has 1 aromatic rings. The molecule has 0 radical (unpaired) electrons. The van der Waals surface area contributed by atoms with E-state index >= 15 is 0 Å². The zero-order chi connectivity index (χ0) is 19.9. The summed E-state index contributed by atoms with van der Waals surface area (Å²) >= 11 is 0. The smallest absolute Gasteiger partial charge is 0.225 e. The predicted molar refractivity (Wildman–Crippen MR) is 113 cm³/mol. The molecule has 1 aromatic carbocycles. The topological polar surface area (TPSA) is 56.7 Å². The van der Waals surface area contributed by atoms with Gasteiger partial charge < -0.3 is 15.5 Å². The third kappa shape index (κ3) is 6.89. The average molecular weight is 373 g/mol. The van der Waals surface area contributed by atoms with Gasteiger partial charge >= 0.3 is 0 Å². The van der Waals surface area contributed by atoms with Crippen LogP contribution in [0.15, 0.2) is 35.3 Å². The van der Waals surface area contributed by atoms with Crippen LogP contribution in [0.2, 0.25) is 0 Å². The van der Waals surface area contributed by atoms with Crippen molar-refractivity contribution in [3.05, 3.63) is 35.9 Å². The quantitative estimate of drug-likeness (QED) is 0.596. The Morgan fingerprint density at radius 1 is 1.22 bits per heavy atom. The first-order valence-corrected chi connectivity index (χ1v) is 10.1. The Bertz CT molecular complexity index is 616. The Morgan fingerprint density at radius 3 is 2.41 bits per heavy atom. The summed E-state index contributed by atoms with van der Waals surface area (Å²) in [6.45, 7) is 11.0. The highest BCUT2D eigenvalue weighted by Gasteiger charge is 2.25. The van der Waals surface area contributed by atoms with Crippen LogP contribution in [0.3, 0.4) is 0 Å². The lowest BCUT2D eigenvalue weighted by atomic mass is 9.86. The van der Waals surface area contributed by atoms with Crippen LogP contribution in [-0.2, 0) is 11.2 Å². The number of hydrogen-bond acceptors (Lipinski definition) is 2. The second-order valence-corrected chi connectivity index (χ2v) is 8.65. The van der Waals surface area contributed by atoms with Crippen molar-refractivity contribution in [3.8, 4) is 0 Å². The van der Waals surface area contributed by atoms with Gasteiger partial charge in [0.05, 0.1) is 0 Å². The zero-order valence-electron chi connectivity index (χ0n) is 17.6. The molecule has 2 N–H and O–H groups in total. The van der Waals surface area contributed by atoms with Crippen molar-refractivity contribution in [2.24, 2.45) is 16.3 Å².